The molecule has 1 saturated heterocycles. The van der Waals surface area contributed by atoms with E-state index in [1.165, 1.54) is 18.5 Å². The zero-order chi connectivity index (χ0) is 10.7. The molecule has 13 heavy (non-hydrogen) atoms. The molecular weight excluding hydrogens is 201 g/mol. The average molecular weight is 224 g/mol. The Morgan fingerprint density at radius 3 is 2.08 bits per heavy atom. The van der Waals surface area contributed by atoms with Crippen LogP contribution in [0, 0.1) is 0 Å². The third kappa shape index (κ3) is 8.59. The zero-order valence-corrected chi connectivity index (χ0v) is 11.2. The number of allylic oxidation sites excluding steroid dienone is 1. The van der Waals surface area contributed by atoms with E-state index in [4.69, 9.17) is 11.6 Å². The molecule has 1 heterocycles. The fourth-order valence-electron chi connectivity index (χ4n) is 0.835. The maximum atomic E-state index is 5.49. The number of nitrogens with zero attached hydrogens (tertiary/aromatic N) is 1. The summed E-state index contributed by atoms with van der Waals surface area (Å²) in [6.07, 6.45) is 3.62. The van der Waals surface area contributed by atoms with Crippen molar-refractivity contribution < 1.29 is 0 Å². The minimum atomic E-state index is 1.13. The van der Waals surface area contributed by atoms with Gasteiger partial charge in [-0.15, -0.1) is 0 Å². The van der Waals surface area contributed by atoms with E-state index in [1.807, 2.05) is 13.8 Å². The van der Waals surface area contributed by atoms with Gasteiger partial charge in [-0.3, -0.25) is 0 Å². The van der Waals surface area contributed by atoms with E-state index in [0.717, 1.165) is 13.0 Å². The molecule has 0 aromatic rings. The molecule has 0 saturated carbocycles. The van der Waals surface area contributed by atoms with Crippen molar-refractivity contribution in [3.05, 3.63) is 11.2 Å². The first-order valence-electron chi connectivity index (χ1n) is 5.07. The van der Waals surface area contributed by atoms with Crippen molar-refractivity contribution in [3.63, 3.8) is 0 Å². The highest BCUT2D eigenvalue weighted by Crippen LogP contribution is 2.24. The molecule has 0 radical (unpaired) electrons. The molecule has 0 aromatic heterocycles. The molecule has 0 spiro atoms. The van der Waals surface area contributed by atoms with Gasteiger partial charge in [0.05, 0.1) is 0 Å². The lowest BCUT2D eigenvalue weighted by atomic mass is 10.3. The third-order valence-electron chi connectivity index (χ3n) is 1.33. The lowest BCUT2D eigenvalue weighted by molar-refractivity contribution is 0.660. The van der Waals surface area contributed by atoms with Crippen LogP contribution in [-0.2, 0) is 0 Å². The molecule has 1 fully saturated rings. The number of hydrogen-bond acceptors (Lipinski definition) is 1. The van der Waals surface area contributed by atoms with Gasteiger partial charge in [-0.1, -0.05) is 45.7 Å². The molecule has 1 nitrogen and oxygen atoms in total. The van der Waals surface area contributed by atoms with Gasteiger partial charge in [0.2, 0.25) is 0 Å². The normalized spacial score (nSPS) is 17.4. The molecule has 0 N–H and O–H groups in total. The maximum Gasteiger partial charge on any atom is 0.0277 e. The van der Waals surface area contributed by atoms with Crippen LogP contribution in [0.3, 0.4) is 0 Å². The predicted molar refractivity (Wildman–Crippen MR) is 66.9 cm³/mol. The van der Waals surface area contributed by atoms with E-state index < -0.39 is 0 Å². The number of halogens is 1. The van der Waals surface area contributed by atoms with Crippen LogP contribution in [0.25, 0.3) is 0 Å². The van der Waals surface area contributed by atoms with Gasteiger partial charge in [0, 0.05) is 17.8 Å². The van der Waals surface area contributed by atoms with Crippen LogP contribution in [0.15, 0.2) is 11.2 Å². The quantitative estimate of drug-likeness (QED) is 0.551. The summed E-state index contributed by atoms with van der Waals surface area (Å²) < 4.78 is 2.10. The van der Waals surface area contributed by atoms with Crippen molar-refractivity contribution in [2.45, 2.75) is 47.0 Å². The first-order chi connectivity index (χ1) is 6.26. The van der Waals surface area contributed by atoms with E-state index in [2.05, 4.69) is 27.9 Å². The molecule has 1 aliphatic heterocycles. The molecule has 0 aromatic carbocycles. The lowest BCUT2D eigenvalue weighted by Gasteiger charge is -2.09. The minimum Gasteiger partial charge on any atom is -0.359 e. The smallest absolute Gasteiger partial charge is 0.0277 e. The second-order valence-corrected chi connectivity index (χ2v) is 3.45. The molecule has 1 unspecified atom stereocenters. The van der Waals surface area contributed by atoms with Crippen LogP contribution in [0.4, 0.5) is 0 Å². The Bertz CT molecular complexity index is 126. The van der Waals surface area contributed by atoms with Gasteiger partial charge in [-0.2, -0.15) is 0 Å². The SMILES string of the molecule is CC.CCC.PN1CCC/C1=C/Cl. The van der Waals surface area contributed by atoms with Crippen molar-refractivity contribution >= 4 is 21.0 Å². The lowest BCUT2D eigenvalue weighted by Crippen LogP contribution is -1.99. The Balaban J connectivity index is 0. The van der Waals surface area contributed by atoms with Crippen LogP contribution < -0.4 is 0 Å². The Morgan fingerprint density at radius 1 is 1.46 bits per heavy atom. The fraction of sp³-hybridized carbons (Fsp3) is 0.800. The summed E-state index contributed by atoms with van der Waals surface area (Å²) in [6, 6.07) is 0. The van der Waals surface area contributed by atoms with Gasteiger partial charge < -0.3 is 4.67 Å². The van der Waals surface area contributed by atoms with Gasteiger partial charge in [0.15, 0.2) is 0 Å². The Hall–Kier alpha value is 0.260. The summed E-state index contributed by atoms with van der Waals surface area (Å²) in [4.78, 5) is 0. The predicted octanol–water partition coefficient (Wildman–Crippen LogP) is 4.40. The second-order valence-electron chi connectivity index (χ2n) is 2.60. The van der Waals surface area contributed by atoms with E-state index in [9.17, 15) is 0 Å². The first kappa shape index (κ1) is 15.7. The fourth-order valence-corrected chi connectivity index (χ4v) is 1.55. The largest absolute Gasteiger partial charge is 0.359 e. The highest BCUT2D eigenvalue weighted by Gasteiger charge is 2.10. The summed E-state index contributed by atoms with van der Waals surface area (Å²) in [6.45, 7) is 9.38. The molecule has 0 amide bonds. The maximum absolute atomic E-state index is 5.49. The topological polar surface area (TPSA) is 3.24 Å². The molecule has 1 aliphatic rings. The summed E-state index contributed by atoms with van der Waals surface area (Å²) in [7, 11) is 2.64. The van der Waals surface area contributed by atoms with Crippen LogP contribution in [0.2, 0.25) is 0 Å². The van der Waals surface area contributed by atoms with E-state index >= 15 is 0 Å². The minimum absolute atomic E-state index is 1.13. The van der Waals surface area contributed by atoms with Crippen molar-refractivity contribution in [1.82, 2.24) is 4.67 Å². The summed E-state index contributed by atoms with van der Waals surface area (Å²) in [5.74, 6) is 0. The summed E-state index contributed by atoms with van der Waals surface area (Å²) >= 11 is 5.49. The van der Waals surface area contributed by atoms with Crippen LogP contribution in [0.5, 0.6) is 0 Å². The monoisotopic (exact) mass is 223 g/mol. The first-order valence-corrected chi connectivity index (χ1v) is 6.03. The van der Waals surface area contributed by atoms with Gasteiger partial charge in [0.25, 0.3) is 0 Å². The molecule has 0 aliphatic carbocycles. The van der Waals surface area contributed by atoms with Crippen molar-refractivity contribution in [2.24, 2.45) is 0 Å². The van der Waals surface area contributed by atoms with E-state index in [0.29, 0.717) is 0 Å². The Kier molecular flexibility index (Phi) is 14.8. The summed E-state index contributed by atoms with van der Waals surface area (Å²) in [5.41, 5.74) is 2.89. The molecule has 1 atom stereocenters. The molecule has 0 bridgehead atoms. The van der Waals surface area contributed by atoms with Gasteiger partial charge in [0.1, 0.15) is 0 Å². The van der Waals surface area contributed by atoms with E-state index in [1.54, 1.807) is 5.54 Å². The van der Waals surface area contributed by atoms with Crippen molar-refractivity contribution in [1.29, 1.82) is 0 Å². The Morgan fingerprint density at radius 2 is 1.92 bits per heavy atom. The van der Waals surface area contributed by atoms with Crippen LogP contribution in [-0.4, -0.2) is 11.2 Å². The third-order valence-corrected chi connectivity index (χ3v) is 2.17. The van der Waals surface area contributed by atoms with Crippen LogP contribution >= 0.6 is 21.0 Å². The highest BCUT2D eigenvalue weighted by atomic mass is 35.5. The molecular formula is C10H23ClNP. The van der Waals surface area contributed by atoms with E-state index in [-0.39, 0.29) is 0 Å². The number of rotatable bonds is 0. The molecule has 80 valence electrons. The summed E-state index contributed by atoms with van der Waals surface area (Å²) in [5, 5.41) is 0. The van der Waals surface area contributed by atoms with Gasteiger partial charge in [-0.25, -0.2) is 0 Å². The average Bonchev–Trinajstić information content (AvgIpc) is 2.56. The Labute approximate surface area is 90.8 Å². The standard InChI is InChI=1S/C5H9ClNP.C3H8.C2H6/c6-4-5-2-1-3-7(5)8;1-3-2;1-2/h4H,1-3,8H2;3H2,1-2H3;1-2H3/b5-4-;;. The molecule has 3 heteroatoms. The number of hydrogen-bond donors (Lipinski definition) is 0. The van der Waals surface area contributed by atoms with Crippen LogP contribution in [0.1, 0.15) is 47.0 Å². The zero-order valence-electron chi connectivity index (χ0n) is 9.31. The highest BCUT2D eigenvalue weighted by molar-refractivity contribution is 7.13. The van der Waals surface area contributed by atoms with Gasteiger partial charge in [-0.05, 0) is 22.2 Å². The van der Waals surface area contributed by atoms with Crippen molar-refractivity contribution in [3.8, 4) is 0 Å². The second kappa shape index (κ2) is 12.3. The molecule has 1 rings (SSSR count). The van der Waals surface area contributed by atoms with Crippen molar-refractivity contribution in [2.75, 3.05) is 6.54 Å². The van der Waals surface area contributed by atoms with Gasteiger partial charge >= 0.3 is 0 Å².